The first kappa shape index (κ1) is 22.3. The Labute approximate surface area is 242 Å². The Morgan fingerprint density at radius 1 is 0.238 bits per heavy atom. The molecular weight excluding hydrogens is 504 g/mol. The lowest BCUT2D eigenvalue weighted by Gasteiger charge is -2.17. The summed E-state index contributed by atoms with van der Waals surface area (Å²) in [6, 6.07) is 54.1. The Morgan fingerprint density at radius 2 is 0.667 bits per heavy atom. The summed E-state index contributed by atoms with van der Waals surface area (Å²) in [5.41, 5.74) is 5.10. The highest BCUT2D eigenvalue weighted by molar-refractivity contribution is 6.42. The maximum atomic E-state index is 2.48. The first-order chi connectivity index (χ1) is 20.9. The number of benzene rings is 8. The average molecular weight is 529 g/mol. The minimum atomic E-state index is 1.25. The van der Waals surface area contributed by atoms with E-state index in [-0.39, 0.29) is 0 Å². The van der Waals surface area contributed by atoms with Crippen LogP contribution in [-0.4, -0.2) is 0 Å². The largest absolute Gasteiger partial charge is 0.0622 e. The molecule has 0 amide bonds. The van der Waals surface area contributed by atoms with E-state index in [1.54, 1.807) is 0 Å². The fraction of sp³-hybridized carbons (Fsp3) is 0. The van der Waals surface area contributed by atoms with Crippen molar-refractivity contribution in [1.82, 2.24) is 0 Å². The van der Waals surface area contributed by atoms with Crippen LogP contribution in [0.2, 0.25) is 0 Å². The summed E-state index contributed by atoms with van der Waals surface area (Å²) in [4.78, 5) is 0. The van der Waals surface area contributed by atoms with Crippen molar-refractivity contribution in [2.24, 2.45) is 0 Å². The van der Waals surface area contributed by atoms with Crippen LogP contribution in [0.1, 0.15) is 0 Å². The van der Waals surface area contributed by atoms with Gasteiger partial charge in [0, 0.05) is 0 Å². The van der Waals surface area contributed by atoms with E-state index in [1.165, 1.54) is 97.7 Å². The number of hydrogen-bond acceptors (Lipinski definition) is 0. The van der Waals surface area contributed by atoms with Crippen LogP contribution in [0.15, 0.2) is 146 Å². The van der Waals surface area contributed by atoms with Gasteiger partial charge in [-0.3, -0.25) is 0 Å². The fourth-order valence-corrected chi connectivity index (χ4v) is 7.83. The minimum absolute atomic E-state index is 1.25. The van der Waals surface area contributed by atoms with Crippen LogP contribution >= 0.6 is 0 Å². The third-order valence-electron chi connectivity index (χ3n) is 9.52. The zero-order valence-corrected chi connectivity index (χ0v) is 22.9. The molecule has 0 saturated heterocycles. The standard InChI is InChI=1S/C42H24/c1-3-12-25(13-4-1)33-22-38-35-24-36-28-17-8-7-16-27(28)30-20-11-21-32(40(30)36)34(35)23-37-29-18-9-10-19-31(29)42(41(37)38)39(33)26-14-5-2-6-15-26/h1-24H. The molecule has 0 aliphatic carbocycles. The Hall–Kier alpha value is -5.46. The van der Waals surface area contributed by atoms with E-state index < -0.39 is 0 Å². The number of rotatable bonds is 2. The molecule has 0 aliphatic heterocycles. The van der Waals surface area contributed by atoms with Gasteiger partial charge < -0.3 is 0 Å². The molecule has 10 aromatic rings. The summed E-state index contributed by atoms with van der Waals surface area (Å²) >= 11 is 0. The first-order valence-electron chi connectivity index (χ1n) is 14.7. The molecule has 0 saturated carbocycles. The summed E-state index contributed by atoms with van der Waals surface area (Å²) in [7, 11) is 0. The van der Waals surface area contributed by atoms with Gasteiger partial charge in [0.25, 0.3) is 0 Å². The van der Waals surface area contributed by atoms with Gasteiger partial charge in [0.15, 0.2) is 0 Å². The predicted molar refractivity (Wildman–Crippen MR) is 182 cm³/mol. The van der Waals surface area contributed by atoms with Crippen molar-refractivity contribution in [3.63, 3.8) is 0 Å². The third kappa shape index (κ3) is 2.77. The van der Waals surface area contributed by atoms with E-state index >= 15 is 0 Å². The topological polar surface area (TPSA) is 0 Å². The van der Waals surface area contributed by atoms with E-state index in [0.717, 1.165) is 0 Å². The summed E-state index contributed by atoms with van der Waals surface area (Å²) < 4.78 is 0. The molecule has 0 heteroatoms. The minimum Gasteiger partial charge on any atom is -0.0622 e. The lowest BCUT2D eigenvalue weighted by molar-refractivity contribution is 1.63. The first-order valence-corrected chi connectivity index (χ1v) is 14.7. The zero-order valence-electron chi connectivity index (χ0n) is 22.9. The van der Waals surface area contributed by atoms with Crippen LogP contribution in [-0.2, 0) is 0 Å². The summed E-state index contributed by atoms with van der Waals surface area (Å²) in [5.74, 6) is 0. The molecule has 0 N–H and O–H groups in total. The number of hydrogen-bond donors (Lipinski definition) is 0. The van der Waals surface area contributed by atoms with Crippen molar-refractivity contribution in [3.8, 4) is 22.3 Å². The second kappa shape index (κ2) is 8.06. The highest BCUT2D eigenvalue weighted by Gasteiger charge is 2.23. The van der Waals surface area contributed by atoms with E-state index in [0.29, 0.717) is 0 Å². The smallest absolute Gasteiger partial charge is 0.000785 e. The van der Waals surface area contributed by atoms with Gasteiger partial charge in [-0.1, -0.05) is 127 Å². The lowest BCUT2D eigenvalue weighted by atomic mass is 9.86. The van der Waals surface area contributed by atoms with Gasteiger partial charge in [0.2, 0.25) is 0 Å². The van der Waals surface area contributed by atoms with Gasteiger partial charge in [-0.05, 0) is 116 Å². The van der Waals surface area contributed by atoms with Crippen molar-refractivity contribution < 1.29 is 0 Å². The van der Waals surface area contributed by atoms with Crippen LogP contribution in [0.4, 0.5) is 0 Å². The quantitative estimate of drug-likeness (QED) is 0.196. The molecule has 0 atom stereocenters. The van der Waals surface area contributed by atoms with Gasteiger partial charge in [-0.25, -0.2) is 0 Å². The normalized spacial score (nSPS) is 12.3. The van der Waals surface area contributed by atoms with E-state index in [9.17, 15) is 0 Å². The Morgan fingerprint density at radius 3 is 1.36 bits per heavy atom. The molecule has 192 valence electrons. The molecule has 10 aromatic carbocycles. The fourth-order valence-electron chi connectivity index (χ4n) is 7.83. The molecule has 0 bridgehead atoms. The van der Waals surface area contributed by atoms with E-state index in [1.807, 2.05) is 0 Å². The van der Waals surface area contributed by atoms with Crippen LogP contribution in [0.25, 0.3) is 97.7 Å². The second-order valence-corrected chi connectivity index (χ2v) is 11.6. The molecular formula is C42H24. The lowest BCUT2D eigenvalue weighted by Crippen LogP contribution is -1.89. The average Bonchev–Trinajstić information content (AvgIpc) is 3.57. The van der Waals surface area contributed by atoms with Crippen LogP contribution in [0.5, 0.6) is 0 Å². The van der Waals surface area contributed by atoms with Crippen LogP contribution < -0.4 is 0 Å². The monoisotopic (exact) mass is 528 g/mol. The molecule has 0 aliphatic rings. The summed E-state index contributed by atoms with van der Waals surface area (Å²) in [5, 5.41) is 18.8. The third-order valence-corrected chi connectivity index (χ3v) is 9.52. The van der Waals surface area contributed by atoms with E-state index in [4.69, 9.17) is 0 Å². The molecule has 0 radical (unpaired) electrons. The molecule has 0 fully saturated rings. The van der Waals surface area contributed by atoms with Gasteiger partial charge in [-0.15, -0.1) is 0 Å². The van der Waals surface area contributed by atoms with Gasteiger partial charge in [0.05, 0.1) is 0 Å². The Kier molecular flexibility index (Phi) is 4.27. The number of fused-ring (bicyclic) bond motifs is 9. The predicted octanol–water partition coefficient (Wildman–Crippen LogP) is 12.0. The van der Waals surface area contributed by atoms with Gasteiger partial charge in [-0.2, -0.15) is 0 Å². The molecule has 10 rings (SSSR count). The maximum Gasteiger partial charge on any atom is -0.000785 e. The Bertz CT molecular complexity index is 2640. The van der Waals surface area contributed by atoms with Crippen molar-refractivity contribution >= 4 is 75.4 Å². The Balaban J connectivity index is 1.52. The maximum absolute atomic E-state index is 2.48. The van der Waals surface area contributed by atoms with E-state index in [2.05, 4.69) is 146 Å². The second-order valence-electron chi connectivity index (χ2n) is 11.6. The van der Waals surface area contributed by atoms with Crippen molar-refractivity contribution in [1.29, 1.82) is 0 Å². The summed E-state index contributed by atoms with van der Waals surface area (Å²) in [6.45, 7) is 0. The van der Waals surface area contributed by atoms with Crippen LogP contribution in [0.3, 0.4) is 0 Å². The molecule has 42 heavy (non-hydrogen) atoms. The van der Waals surface area contributed by atoms with Crippen molar-refractivity contribution in [2.45, 2.75) is 0 Å². The van der Waals surface area contributed by atoms with Gasteiger partial charge >= 0.3 is 0 Å². The highest BCUT2D eigenvalue weighted by Crippen LogP contribution is 2.51. The zero-order chi connectivity index (χ0) is 27.4. The van der Waals surface area contributed by atoms with Crippen molar-refractivity contribution in [2.75, 3.05) is 0 Å². The summed E-state index contributed by atoms with van der Waals surface area (Å²) in [6.07, 6.45) is 0. The molecule has 0 heterocycles. The molecule has 0 nitrogen and oxygen atoms in total. The molecule has 0 aromatic heterocycles. The highest BCUT2D eigenvalue weighted by atomic mass is 14.3. The molecule has 0 unspecified atom stereocenters. The van der Waals surface area contributed by atoms with Crippen LogP contribution in [0, 0.1) is 0 Å². The van der Waals surface area contributed by atoms with Gasteiger partial charge in [0.1, 0.15) is 0 Å². The molecule has 0 spiro atoms. The van der Waals surface area contributed by atoms with Crippen molar-refractivity contribution in [3.05, 3.63) is 146 Å². The SMILES string of the molecule is c1ccc(-c2cc3c4cc5c6ccccc6c6cccc(c4cc4c7ccccc7c(c2-c2ccccc2)c34)c65)cc1.